The molecule has 164 valence electrons. The lowest BCUT2D eigenvalue weighted by Gasteiger charge is -2.36. The molecule has 0 aromatic rings. The molecule has 1 aliphatic heterocycles. The number of aliphatic imine (C=N–C) groups is 1. The van der Waals surface area contributed by atoms with Gasteiger partial charge in [0.2, 0.25) is 5.84 Å². The standard InChI is InChI=1S/C25H49N2O/c1-4-6-7-8-9-10-11-12-13-14-15-16-17-18-19-20-21-25-26-22-23-27(25,5-2)24(3)28/h13-14,24,28H,4-12,15-23H2,1-3H3/q+1/b14-13+. The van der Waals surface area contributed by atoms with Crippen LogP contribution in [0.3, 0.4) is 0 Å². The predicted octanol–water partition coefficient (Wildman–Crippen LogP) is 7.00. The highest BCUT2D eigenvalue weighted by molar-refractivity contribution is 5.76. The molecule has 0 aromatic heterocycles. The third-order valence-corrected chi connectivity index (χ3v) is 6.50. The van der Waals surface area contributed by atoms with Crippen LogP contribution in [0.1, 0.15) is 117 Å². The Kier molecular flexibility index (Phi) is 14.6. The van der Waals surface area contributed by atoms with Gasteiger partial charge in [-0.25, -0.2) is 4.99 Å². The zero-order valence-electron chi connectivity index (χ0n) is 19.3. The Morgan fingerprint density at radius 3 is 1.93 bits per heavy atom. The van der Waals surface area contributed by atoms with E-state index in [1.165, 1.54) is 95.7 Å². The van der Waals surface area contributed by atoms with Crippen LogP contribution in [-0.2, 0) is 0 Å². The molecule has 0 amide bonds. The lowest BCUT2D eigenvalue weighted by atomic mass is 10.1. The summed E-state index contributed by atoms with van der Waals surface area (Å²) >= 11 is 0. The van der Waals surface area contributed by atoms with Crippen molar-refractivity contribution < 1.29 is 9.59 Å². The Labute approximate surface area is 175 Å². The molecule has 0 aliphatic carbocycles. The summed E-state index contributed by atoms with van der Waals surface area (Å²) < 4.78 is 0.712. The molecule has 0 saturated heterocycles. The molecule has 0 spiro atoms. The Bertz CT molecular complexity index is 430. The minimum Gasteiger partial charge on any atom is -0.345 e. The van der Waals surface area contributed by atoms with E-state index in [0.29, 0.717) is 4.48 Å². The summed E-state index contributed by atoms with van der Waals surface area (Å²) in [6.07, 6.45) is 24.4. The van der Waals surface area contributed by atoms with Crippen molar-refractivity contribution in [2.45, 2.75) is 123 Å². The van der Waals surface area contributed by atoms with Crippen LogP contribution in [-0.4, -0.2) is 41.3 Å². The van der Waals surface area contributed by atoms with Crippen molar-refractivity contribution in [1.29, 1.82) is 0 Å². The van der Waals surface area contributed by atoms with E-state index in [9.17, 15) is 5.11 Å². The maximum Gasteiger partial charge on any atom is 0.200 e. The van der Waals surface area contributed by atoms with Crippen LogP contribution in [0.2, 0.25) is 0 Å². The first-order valence-electron chi connectivity index (χ1n) is 12.4. The molecule has 3 nitrogen and oxygen atoms in total. The summed E-state index contributed by atoms with van der Waals surface area (Å²) in [5.74, 6) is 1.24. The van der Waals surface area contributed by atoms with Crippen molar-refractivity contribution in [1.82, 2.24) is 0 Å². The average molecular weight is 394 g/mol. The third kappa shape index (κ3) is 9.69. The number of hydrogen-bond donors (Lipinski definition) is 1. The number of amidine groups is 1. The zero-order valence-corrected chi connectivity index (χ0v) is 19.3. The summed E-state index contributed by atoms with van der Waals surface area (Å²) in [4.78, 5) is 4.71. The van der Waals surface area contributed by atoms with E-state index in [1.807, 2.05) is 6.92 Å². The third-order valence-electron chi connectivity index (χ3n) is 6.50. The molecule has 0 fully saturated rings. The van der Waals surface area contributed by atoms with E-state index >= 15 is 0 Å². The van der Waals surface area contributed by atoms with Gasteiger partial charge < -0.3 is 5.11 Å². The summed E-state index contributed by atoms with van der Waals surface area (Å²) in [5.41, 5.74) is 0. The molecular formula is C25H49N2O+. The Hall–Kier alpha value is -0.670. The lowest BCUT2D eigenvalue weighted by Crippen LogP contribution is -2.56. The molecule has 2 unspecified atom stereocenters. The second-order valence-corrected chi connectivity index (χ2v) is 8.69. The molecule has 3 heteroatoms. The summed E-state index contributed by atoms with van der Waals surface area (Å²) in [7, 11) is 0. The van der Waals surface area contributed by atoms with Gasteiger partial charge in [0.05, 0.1) is 13.1 Å². The van der Waals surface area contributed by atoms with E-state index in [0.717, 1.165) is 26.1 Å². The molecule has 1 heterocycles. The number of unbranched alkanes of at least 4 members (excludes halogenated alkanes) is 12. The van der Waals surface area contributed by atoms with Gasteiger partial charge in [0, 0.05) is 13.3 Å². The second kappa shape index (κ2) is 16.2. The van der Waals surface area contributed by atoms with Crippen molar-refractivity contribution >= 4 is 5.84 Å². The first kappa shape index (κ1) is 25.4. The monoisotopic (exact) mass is 393 g/mol. The fourth-order valence-electron chi connectivity index (χ4n) is 4.47. The Balaban J connectivity index is 1.93. The molecule has 1 N–H and O–H groups in total. The van der Waals surface area contributed by atoms with E-state index in [4.69, 9.17) is 4.99 Å². The molecule has 0 aromatic carbocycles. The van der Waals surface area contributed by atoms with Crippen LogP contribution < -0.4 is 0 Å². The molecule has 1 aliphatic rings. The maximum atomic E-state index is 10.2. The first-order chi connectivity index (χ1) is 13.7. The molecule has 0 radical (unpaired) electrons. The maximum absolute atomic E-state index is 10.2. The SMILES string of the molecule is CCCCCCCCC/C=C/CCCCCCCC1=NCC[N+]1(CC)C(C)O. The van der Waals surface area contributed by atoms with Crippen LogP contribution in [0.25, 0.3) is 0 Å². The molecule has 0 bridgehead atoms. The first-order valence-corrected chi connectivity index (χ1v) is 12.4. The Morgan fingerprint density at radius 2 is 1.39 bits per heavy atom. The number of allylic oxidation sites excluding steroid dienone is 2. The quantitative estimate of drug-likeness (QED) is 0.152. The van der Waals surface area contributed by atoms with E-state index in [-0.39, 0.29) is 6.23 Å². The number of likely N-dealkylation sites (N-methyl/N-ethyl adjacent to an activating group) is 1. The van der Waals surface area contributed by atoms with Gasteiger partial charge in [-0.3, -0.25) is 4.48 Å². The largest absolute Gasteiger partial charge is 0.345 e. The molecule has 0 saturated carbocycles. The summed E-state index contributed by atoms with van der Waals surface area (Å²) in [6, 6.07) is 0. The normalized spacial score (nSPS) is 20.8. The van der Waals surface area contributed by atoms with Crippen LogP contribution in [0.15, 0.2) is 17.1 Å². The van der Waals surface area contributed by atoms with Gasteiger partial charge in [-0.15, -0.1) is 0 Å². The summed E-state index contributed by atoms with van der Waals surface area (Å²) in [6.45, 7) is 9.21. The molecule has 1 rings (SSSR count). The minimum absolute atomic E-state index is 0.320. The number of rotatable bonds is 18. The van der Waals surface area contributed by atoms with Gasteiger partial charge in [-0.05, 0) is 39.0 Å². The smallest absolute Gasteiger partial charge is 0.200 e. The van der Waals surface area contributed by atoms with Gasteiger partial charge in [-0.2, -0.15) is 0 Å². The van der Waals surface area contributed by atoms with Gasteiger partial charge >= 0.3 is 0 Å². The highest BCUT2D eigenvalue weighted by Crippen LogP contribution is 2.23. The van der Waals surface area contributed by atoms with Crippen molar-refractivity contribution in [3.05, 3.63) is 12.2 Å². The zero-order chi connectivity index (χ0) is 20.5. The van der Waals surface area contributed by atoms with Crippen molar-refractivity contribution in [3.63, 3.8) is 0 Å². The minimum atomic E-state index is -0.320. The second-order valence-electron chi connectivity index (χ2n) is 8.69. The molecule has 2 atom stereocenters. The number of quaternary nitrogens is 1. The van der Waals surface area contributed by atoms with E-state index < -0.39 is 0 Å². The summed E-state index contributed by atoms with van der Waals surface area (Å²) in [5, 5.41) is 10.2. The van der Waals surface area contributed by atoms with Gasteiger partial charge in [0.25, 0.3) is 0 Å². The van der Waals surface area contributed by atoms with E-state index in [1.54, 1.807) is 0 Å². The predicted molar refractivity (Wildman–Crippen MR) is 124 cm³/mol. The molecular weight excluding hydrogens is 344 g/mol. The van der Waals surface area contributed by atoms with Crippen LogP contribution in [0, 0.1) is 0 Å². The number of aliphatic hydroxyl groups is 1. The van der Waals surface area contributed by atoms with Gasteiger partial charge in [0.15, 0.2) is 6.23 Å². The van der Waals surface area contributed by atoms with Crippen LogP contribution in [0.5, 0.6) is 0 Å². The lowest BCUT2D eigenvalue weighted by molar-refractivity contribution is -0.882. The topological polar surface area (TPSA) is 32.6 Å². The fraction of sp³-hybridized carbons (Fsp3) is 0.880. The number of nitrogens with zero attached hydrogens (tertiary/aromatic N) is 2. The van der Waals surface area contributed by atoms with Gasteiger partial charge in [0.1, 0.15) is 6.54 Å². The van der Waals surface area contributed by atoms with E-state index in [2.05, 4.69) is 26.0 Å². The van der Waals surface area contributed by atoms with Crippen molar-refractivity contribution in [3.8, 4) is 0 Å². The highest BCUT2D eigenvalue weighted by Gasteiger charge is 2.40. The fourth-order valence-corrected chi connectivity index (χ4v) is 4.47. The van der Waals surface area contributed by atoms with Crippen LogP contribution in [0.4, 0.5) is 0 Å². The number of aliphatic hydroxyl groups excluding tert-OH is 1. The van der Waals surface area contributed by atoms with Crippen molar-refractivity contribution in [2.24, 2.45) is 4.99 Å². The number of hydrogen-bond acceptors (Lipinski definition) is 2. The highest BCUT2D eigenvalue weighted by atomic mass is 16.3. The van der Waals surface area contributed by atoms with Crippen molar-refractivity contribution in [2.75, 3.05) is 19.6 Å². The van der Waals surface area contributed by atoms with Crippen LogP contribution >= 0.6 is 0 Å². The average Bonchev–Trinajstić information content (AvgIpc) is 3.12. The molecule has 28 heavy (non-hydrogen) atoms. The Morgan fingerprint density at radius 1 is 0.857 bits per heavy atom. The van der Waals surface area contributed by atoms with Gasteiger partial charge in [-0.1, -0.05) is 76.9 Å².